The zero-order valence-electron chi connectivity index (χ0n) is 8.12. The number of aromatic nitrogens is 3. The maximum atomic E-state index is 10.7. The fourth-order valence-electron chi connectivity index (χ4n) is 1.14. The third-order valence-corrected chi connectivity index (χ3v) is 1.82. The van der Waals surface area contributed by atoms with Gasteiger partial charge in [0.2, 0.25) is 5.88 Å². The molecule has 0 fully saturated rings. The molecule has 0 saturated carbocycles. The predicted octanol–water partition coefficient (Wildman–Crippen LogP) is 1.42. The van der Waals surface area contributed by atoms with Crippen LogP contribution < -0.4 is 4.74 Å². The fraction of sp³-hybridized carbons (Fsp3) is 0.100. The molecule has 0 saturated heterocycles. The van der Waals surface area contributed by atoms with Crippen molar-refractivity contribution in [1.82, 2.24) is 14.8 Å². The monoisotopic (exact) mass is 203 g/mol. The van der Waals surface area contributed by atoms with Crippen molar-refractivity contribution in [2.75, 3.05) is 0 Å². The molecule has 0 radical (unpaired) electrons. The average Bonchev–Trinajstić information content (AvgIpc) is 2.65. The van der Waals surface area contributed by atoms with Crippen molar-refractivity contribution in [2.24, 2.45) is 7.05 Å². The van der Waals surface area contributed by atoms with Gasteiger partial charge in [-0.05, 0) is 12.1 Å². The lowest BCUT2D eigenvalue weighted by Gasteiger charge is -2.02. The van der Waals surface area contributed by atoms with Gasteiger partial charge in [0, 0.05) is 13.2 Å². The highest BCUT2D eigenvalue weighted by molar-refractivity contribution is 5.78. The number of aldehydes is 1. The van der Waals surface area contributed by atoms with Crippen molar-refractivity contribution in [3.8, 4) is 11.6 Å². The first kappa shape index (κ1) is 9.39. The molecule has 0 aliphatic rings. The van der Waals surface area contributed by atoms with E-state index in [-0.39, 0.29) is 0 Å². The van der Waals surface area contributed by atoms with E-state index in [2.05, 4.69) is 10.1 Å². The Labute approximate surface area is 86.3 Å². The van der Waals surface area contributed by atoms with Crippen LogP contribution in [0.5, 0.6) is 11.6 Å². The van der Waals surface area contributed by atoms with Gasteiger partial charge in [-0.15, -0.1) is 0 Å². The molecule has 0 aliphatic carbocycles. The van der Waals surface area contributed by atoms with Crippen molar-refractivity contribution in [3.63, 3.8) is 0 Å². The summed E-state index contributed by atoms with van der Waals surface area (Å²) in [6.45, 7) is 0. The quantitative estimate of drug-likeness (QED) is 0.708. The lowest BCUT2D eigenvalue weighted by Crippen LogP contribution is -1.92. The van der Waals surface area contributed by atoms with Crippen LogP contribution in [0, 0.1) is 0 Å². The van der Waals surface area contributed by atoms with Crippen molar-refractivity contribution >= 4 is 6.29 Å². The van der Waals surface area contributed by atoms with Crippen LogP contribution in [0.15, 0.2) is 30.7 Å². The molecular formula is C10H9N3O2. The van der Waals surface area contributed by atoms with E-state index >= 15 is 0 Å². The molecule has 5 heteroatoms. The summed E-state index contributed by atoms with van der Waals surface area (Å²) >= 11 is 0. The molecule has 0 atom stereocenters. The zero-order chi connectivity index (χ0) is 10.7. The summed E-state index contributed by atoms with van der Waals surface area (Å²) in [7, 11) is 1.78. The first-order valence-electron chi connectivity index (χ1n) is 4.36. The molecule has 2 heterocycles. The maximum Gasteiger partial charge on any atom is 0.229 e. The van der Waals surface area contributed by atoms with Crippen LogP contribution in [0.3, 0.4) is 0 Å². The van der Waals surface area contributed by atoms with Crippen LogP contribution in [0.1, 0.15) is 10.4 Å². The third kappa shape index (κ3) is 2.01. The van der Waals surface area contributed by atoms with E-state index in [1.807, 2.05) is 0 Å². The molecule has 0 bridgehead atoms. The molecule has 0 N–H and O–H groups in total. The number of carbonyl (C=O) groups is 1. The molecule has 0 aromatic carbocycles. The highest BCUT2D eigenvalue weighted by Gasteiger charge is 2.05. The number of nitrogens with zero attached hydrogens (tertiary/aromatic N) is 3. The zero-order valence-corrected chi connectivity index (χ0v) is 8.12. The fourth-order valence-corrected chi connectivity index (χ4v) is 1.14. The number of hydrogen-bond donors (Lipinski definition) is 0. The summed E-state index contributed by atoms with van der Waals surface area (Å²) in [5.41, 5.74) is 0.418. The third-order valence-electron chi connectivity index (χ3n) is 1.82. The summed E-state index contributed by atoms with van der Waals surface area (Å²) in [5, 5.41) is 3.94. The highest BCUT2D eigenvalue weighted by Crippen LogP contribution is 2.20. The summed E-state index contributed by atoms with van der Waals surface area (Å²) in [5.74, 6) is 0.847. The Morgan fingerprint density at radius 1 is 1.53 bits per heavy atom. The number of aryl methyl sites for hydroxylation is 1. The Bertz CT molecular complexity index is 479. The second-order valence-electron chi connectivity index (χ2n) is 2.97. The molecule has 0 unspecified atom stereocenters. The minimum Gasteiger partial charge on any atom is -0.435 e. The van der Waals surface area contributed by atoms with Crippen molar-refractivity contribution in [2.45, 2.75) is 0 Å². The van der Waals surface area contributed by atoms with Crippen LogP contribution in [-0.4, -0.2) is 21.1 Å². The van der Waals surface area contributed by atoms with Gasteiger partial charge in [-0.25, -0.2) is 4.98 Å². The standard InChI is InChI=1S/C10H9N3O2/c1-13-6-9(5-12-13)15-10-8(7-14)3-2-4-11-10/h2-7H,1H3. The summed E-state index contributed by atoms with van der Waals surface area (Å²) in [6.07, 6.45) is 5.53. The van der Waals surface area contributed by atoms with Gasteiger partial charge in [0.25, 0.3) is 0 Å². The number of pyridine rings is 1. The Morgan fingerprint density at radius 3 is 3.07 bits per heavy atom. The van der Waals surface area contributed by atoms with Crippen LogP contribution in [0.2, 0.25) is 0 Å². The lowest BCUT2D eigenvalue weighted by atomic mass is 10.3. The minimum atomic E-state index is 0.292. The molecular weight excluding hydrogens is 194 g/mol. The molecule has 2 aromatic rings. The van der Waals surface area contributed by atoms with Crippen molar-refractivity contribution in [1.29, 1.82) is 0 Å². The average molecular weight is 203 g/mol. The van der Waals surface area contributed by atoms with Gasteiger partial charge in [-0.1, -0.05) is 0 Å². The van der Waals surface area contributed by atoms with Crippen LogP contribution >= 0.6 is 0 Å². The van der Waals surface area contributed by atoms with E-state index in [0.29, 0.717) is 23.5 Å². The molecule has 76 valence electrons. The van der Waals surface area contributed by atoms with Gasteiger partial charge in [-0.2, -0.15) is 5.10 Å². The molecule has 0 spiro atoms. The lowest BCUT2D eigenvalue weighted by molar-refractivity contribution is 0.112. The van der Waals surface area contributed by atoms with Crippen LogP contribution in [-0.2, 0) is 7.05 Å². The van der Waals surface area contributed by atoms with Crippen LogP contribution in [0.4, 0.5) is 0 Å². The second-order valence-corrected chi connectivity index (χ2v) is 2.97. The second kappa shape index (κ2) is 3.91. The van der Waals surface area contributed by atoms with Gasteiger partial charge in [-0.3, -0.25) is 9.48 Å². The van der Waals surface area contributed by atoms with E-state index in [1.54, 1.807) is 42.5 Å². The number of rotatable bonds is 3. The molecule has 15 heavy (non-hydrogen) atoms. The number of hydrogen-bond acceptors (Lipinski definition) is 4. The summed E-state index contributed by atoms with van der Waals surface area (Å²) in [6, 6.07) is 3.32. The Kier molecular flexibility index (Phi) is 2.45. The first-order chi connectivity index (χ1) is 7.29. The SMILES string of the molecule is Cn1cc(Oc2ncccc2C=O)cn1. The van der Waals surface area contributed by atoms with E-state index in [1.165, 1.54) is 0 Å². The topological polar surface area (TPSA) is 57.0 Å². The number of carbonyl (C=O) groups excluding carboxylic acids is 1. The molecule has 2 rings (SSSR count). The highest BCUT2D eigenvalue weighted by atomic mass is 16.5. The molecule has 2 aromatic heterocycles. The van der Waals surface area contributed by atoms with Gasteiger partial charge >= 0.3 is 0 Å². The molecule has 0 amide bonds. The van der Waals surface area contributed by atoms with E-state index in [0.717, 1.165) is 0 Å². The van der Waals surface area contributed by atoms with E-state index in [4.69, 9.17) is 4.74 Å². The van der Waals surface area contributed by atoms with Gasteiger partial charge < -0.3 is 4.74 Å². The van der Waals surface area contributed by atoms with Crippen molar-refractivity contribution < 1.29 is 9.53 Å². The van der Waals surface area contributed by atoms with E-state index in [9.17, 15) is 4.79 Å². The smallest absolute Gasteiger partial charge is 0.229 e. The normalized spacial score (nSPS) is 9.93. The van der Waals surface area contributed by atoms with Gasteiger partial charge in [0.05, 0.1) is 18.0 Å². The minimum absolute atomic E-state index is 0.292. The first-order valence-corrected chi connectivity index (χ1v) is 4.36. The van der Waals surface area contributed by atoms with Crippen LogP contribution in [0.25, 0.3) is 0 Å². The largest absolute Gasteiger partial charge is 0.435 e. The van der Waals surface area contributed by atoms with E-state index < -0.39 is 0 Å². The Morgan fingerprint density at radius 2 is 2.40 bits per heavy atom. The summed E-state index contributed by atoms with van der Waals surface area (Å²) in [4.78, 5) is 14.6. The predicted molar refractivity (Wildman–Crippen MR) is 52.9 cm³/mol. The molecule has 0 aliphatic heterocycles. The summed E-state index contributed by atoms with van der Waals surface area (Å²) < 4.78 is 7.01. The molecule has 5 nitrogen and oxygen atoms in total. The Balaban J connectivity index is 2.27. The van der Waals surface area contributed by atoms with Gasteiger partial charge in [0.15, 0.2) is 12.0 Å². The van der Waals surface area contributed by atoms with Gasteiger partial charge in [0.1, 0.15) is 0 Å². The maximum absolute atomic E-state index is 10.7. The Hall–Kier alpha value is -2.17. The van der Waals surface area contributed by atoms with Crippen molar-refractivity contribution in [3.05, 3.63) is 36.3 Å². The number of ether oxygens (including phenoxy) is 1.